The molecule has 0 amide bonds. The second-order valence-electron chi connectivity index (χ2n) is 6.77. The third-order valence-corrected chi connectivity index (χ3v) is 5.43. The topological polar surface area (TPSA) is 61.8 Å². The van der Waals surface area contributed by atoms with Gasteiger partial charge in [-0.05, 0) is 35.4 Å². The monoisotopic (exact) mass is 364 g/mol. The number of methoxy groups -OCH3 is 2. The van der Waals surface area contributed by atoms with E-state index in [1.54, 1.807) is 14.2 Å². The molecule has 0 saturated carbocycles. The van der Waals surface area contributed by atoms with E-state index in [-0.39, 0.29) is 11.8 Å². The fourth-order valence-corrected chi connectivity index (χ4v) is 4.04. The molecule has 0 radical (unpaired) electrons. The quantitative estimate of drug-likeness (QED) is 0.472. The highest BCUT2D eigenvalue weighted by Crippen LogP contribution is 2.48. The van der Waals surface area contributed by atoms with Crippen molar-refractivity contribution in [3.8, 4) is 11.5 Å². The van der Waals surface area contributed by atoms with Gasteiger partial charge in [-0.3, -0.25) is 9.59 Å². The molecule has 1 aliphatic heterocycles. The molecule has 4 rings (SSSR count). The molecule has 1 heterocycles. The molecule has 5 nitrogen and oxygen atoms in total. The van der Waals surface area contributed by atoms with Crippen LogP contribution in [0.4, 0.5) is 0 Å². The van der Waals surface area contributed by atoms with Crippen molar-refractivity contribution >= 4 is 11.9 Å². The fraction of sp³-hybridized carbons (Fsp3) is 0.273. The molecular formula is C22H20O5. The molecule has 1 fully saturated rings. The predicted octanol–water partition coefficient (Wildman–Crippen LogP) is 3.46. The Hall–Kier alpha value is -3.08. The first-order valence-corrected chi connectivity index (χ1v) is 8.84. The first-order chi connectivity index (χ1) is 13.1. The van der Waals surface area contributed by atoms with Crippen molar-refractivity contribution < 1.29 is 23.8 Å². The lowest BCUT2D eigenvalue weighted by Gasteiger charge is -2.31. The van der Waals surface area contributed by atoms with Gasteiger partial charge in [0.15, 0.2) is 0 Å². The van der Waals surface area contributed by atoms with Crippen LogP contribution in [0.5, 0.6) is 11.5 Å². The maximum absolute atomic E-state index is 12.5. The number of fused-ring (bicyclic) bond motifs is 1. The number of benzene rings is 2. The highest BCUT2D eigenvalue weighted by Gasteiger charge is 2.53. The van der Waals surface area contributed by atoms with Gasteiger partial charge in [0.1, 0.15) is 11.5 Å². The molecule has 2 aromatic rings. The number of ether oxygens (including phenoxy) is 3. The van der Waals surface area contributed by atoms with Crippen LogP contribution < -0.4 is 9.47 Å². The van der Waals surface area contributed by atoms with Gasteiger partial charge < -0.3 is 14.2 Å². The number of rotatable bonds is 4. The first kappa shape index (κ1) is 17.3. The standard InChI is InChI=1S/C22H20O5/c1-25-15-7-3-13(4-8-15)17-11-12-18(14-5-9-16(26-2)10-6-14)20-19(17)21(23)27-22(20)24/h3-12,17-20H,1-2H3. The van der Waals surface area contributed by atoms with Crippen LogP contribution in [0.15, 0.2) is 60.7 Å². The average molecular weight is 364 g/mol. The summed E-state index contributed by atoms with van der Waals surface area (Å²) < 4.78 is 15.4. The van der Waals surface area contributed by atoms with Gasteiger partial charge in [0.25, 0.3) is 0 Å². The van der Waals surface area contributed by atoms with Gasteiger partial charge in [0.05, 0.1) is 26.1 Å². The summed E-state index contributed by atoms with van der Waals surface area (Å²) in [6, 6.07) is 15.1. The number of hydrogen-bond acceptors (Lipinski definition) is 5. The highest BCUT2D eigenvalue weighted by atomic mass is 16.6. The second kappa shape index (κ2) is 6.91. The zero-order valence-corrected chi connectivity index (χ0v) is 15.1. The van der Waals surface area contributed by atoms with Crippen molar-refractivity contribution in [3.05, 3.63) is 71.8 Å². The summed E-state index contributed by atoms with van der Waals surface area (Å²) in [6.45, 7) is 0. The third kappa shape index (κ3) is 2.99. The molecule has 0 N–H and O–H groups in total. The summed E-state index contributed by atoms with van der Waals surface area (Å²) in [7, 11) is 3.22. The molecule has 1 aliphatic carbocycles. The number of esters is 2. The van der Waals surface area contributed by atoms with E-state index in [9.17, 15) is 9.59 Å². The van der Waals surface area contributed by atoms with Gasteiger partial charge in [0, 0.05) is 11.8 Å². The van der Waals surface area contributed by atoms with Crippen molar-refractivity contribution in [3.63, 3.8) is 0 Å². The van der Waals surface area contributed by atoms with Gasteiger partial charge >= 0.3 is 11.9 Å². The minimum atomic E-state index is -0.525. The van der Waals surface area contributed by atoms with Crippen LogP contribution in [0.1, 0.15) is 23.0 Å². The van der Waals surface area contributed by atoms with E-state index in [4.69, 9.17) is 14.2 Å². The number of carbonyl (C=O) groups is 2. The Balaban J connectivity index is 1.72. The lowest BCUT2D eigenvalue weighted by atomic mass is 9.68. The maximum atomic E-state index is 12.5. The Morgan fingerprint density at radius 1 is 0.667 bits per heavy atom. The summed E-state index contributed by atoms with van der Waals surface area (Å²) in [5.74, 6) is -0.857. The molecule has 0 bridgehead atoms. The van der Waals surface area contributed by atoms with E-state index >= 15 is 0 Å². The molecule has 2 aliphatic rings. The predicted molar refractivity (Wildman–Crippen MR) is 98.7 cm³/mol. The van der Waals surface area contributed by atoms with Crippen molar-refractivity contribution in [2.75, 3.05) is 14.2 Å². The largest absolute Gasteiger partial charge is 0.497 e. The SMILES string of the molecule is COc1ccc(C2C=CC(c3ccc(OC)cc3)C3C(=O)OC(=O)C23)cc1. The number of carbonyl (C=O) groups excluding carboxylic acids is 2. The summed E-state index contributed by atoms with van der Waals surface area (Å²) >= 11 is 0. The van der Waals surface area contributed by atoms with Gasteiger partial charge in [0.2, 0.25) is 0 Å². The maximum Gasteiger partial charge on any atom is 0.318 e. The van der Waals surface area contributed by atoms with Crippen molar-refractivity contribution in [2.24, 2.45) is 11.8 Å². The molecule has 1 saturated heterocycles. The van der Waals surface area contributed by atoms with E-state index in [0.29, 0.717) is 0 Å². The average Bonchev–Trinajstić information content (AvgIpc) is 3.02. The van der Waals surface area contributed by atoms with Gasteiger partial charge in [-0.1, -0.05) is 36.4 Å². The Kier molecular flexibility index (Phi) is 4.44. The first-order valence-electron chi connectivity index (χ1n) is 8.84. The minimum absolute atomic E-state index is 0.200. The van der Waals surface area contributed by atoms with E-state index < -0.39 is 23.8 Å². The van der Waals surface area contributed by atoms with Crippen LogP contribution in [0.3, 0.4) is 0 Å². The third-order valence-electron chi connectivity index (χ3n) is 5.43. The smallest absolute Gasteiger partial charge is 0.318 e. The van der Waals surface area contributed by atoms with Crippen molar-refractivity contribution in [2.45, 2.75) is 11.8 Å². The molecule has 5 heteroatoms. The van der Waals surface area contributed by atoms with E-state index in [2.05, 4.69) is 0 Å². The van der Waals surface area contributed by atoms with Crippen molar-refractivity contribution in [1.82, 2.24) is 0 Å². The Morgan fingerprint density at radius 3 is 1.37 bits per heavy atom. The van der Waals surface area contributed by atoms with E-state index in [1.807, 2.05) is 60.7 Å². The Labute approximate surface area is 157 Å². The summed E-state index contributed by atoms with van der Waals surface area (Å²) in [4.78, 5) is 25.0. The van der Waals surface area contributed by atoms with E-state index in [0.717, 1.165) is 22.6 Å². The zero-order chi connectivity index (χ0) is 19.0. The number of hydrogen-bond donors (Lipinski definition) is 0. The van der Waals surface area contributed by atoms with Gasteiger partial charge in [-0.15, -0.1) is 0 Å². The molecule has 2 aromatic carbocycles. The normalized spacial score (nSPS) is 26.4. The number of allylic oxidation sites excluding steroid dienone is 2. The lowest BCUT2D eigenvalue weighted by Crippen LogP contribution is -2.31. The summed E-state index contributed by atoms with van der Waals surface area (Å²) in [6.07, 6.45) is 4.02. The van der Waals surface area contributed by atoms with Crippen molar-refractivity contribution in [1.29, 1.82) is 0 Å². The van der Waals surface area contributed by atoms with Crippen LogP contribution in [0, 0.1) is 11.8 Å². The van der Waals surface area contributed by atoms with Crippen LogP contribution in [0.25, 0.3) is 0 Å². The molecule has 138 valence electrons. The molecule has 0 aromatic heterocycles. The second-order valence-corrected chi connectivity index (χ2v) is 6.77. The van der Waals surface area contributed by atoms with Gasteiger partial charge in [-0.25, -0.2) is 0 Å². The minimum Gasteiger partial charge on any atom is -0.497 e. The Morgan fingerprint density at radius 2 is 1.04 bits per heavy atom. The summed E-state index contributed by atoms with van der Waals surface area (Å²) in [5.41, 5.74) is 1.92. The lowest BCUT2D eigenvalue weighted by molar-refractivity contribution is -0.153. The Bertz CT molecular complexity index is 808. The molecule has 4 unspecified atom stereocenters. The van der Waals surface area contributed by atoms with Crippen LogP contribution in [-0.4, -0.2) is 26.2 Å². The van der Waals surface area contributed by atoms with E-state index in [1.165, 1.54) is 0 Å². The fourth-order valence-electron chi connectivity index (χ4n) is 4.04. The van der Waals surface area contributed by atoms with Gasteiger partial charge in [-0.2, -0.15) is 0 Å². The highest BCUT2D eigenvalue weighted by molar-refractivity contribution is 5.98. The summed E-state index contributed by atoms with van der Waals surface area (Å²) in [5, 5.41) is 0. The van der Waals surface area contributed by atoms with Crippen LogP contribution in [0.2, 0.25) is 0 Å². The molecule has 0 spiro atoms. The number of cyclic esters (lactones) is 2. The zero-order valence-electron chi connectivity index (χ0n) is 15.1. The van der Waals surface area contributed by atoms with Crippen LogP contribution >= 0.6 is 0 Å². The van der Waals surface area contributed by atoms with Crippen LogP contribution in [-0.2, 0) is 14.3 Å². The molecule has 27 heavy (non-hydrogen) atoms. The molecule has 4 atom stereocenters. The molecular weight excluding hydrogens is 344 g/mol.